The van der Waals surface area contributed by atoms with Gasteiger partial charge in [-0.3, -0.25) is 9.59 Å². The molecule has 0 heterocycles. The van der Waals surface area contributed by atoms with E-state index in [2.05, 4.69) is 16.0 Å². The van der Waals surface area contributed by atoms with Crippen molar-refractivity contribution in [2.24, 2.45) is 23.5 Å². The first-order chi connectivity index (χ1) is 14.3. The highest BCUT2D eigenvalue weighted by Gasteiger charge is 2.28. The number of nitrogens with one attached hydrogen (secondary N) is 3. The van der Waals surface area contributed by atoms with E-state index < -0.39 is 27.2 Å². The number of hydrogen-bond donors (Lipinski definition) is 4. The summed E-state index contributed by atoms with van der Waals surface area (Å²) in [6.07, 6.45) is 1.81. The number of carbonyl (C=O) groups is 3. The van der Waals surface area contributed by atoms with Gasteiger partial charge >= 0.3 is 6.03 Å². The number of hydrogen-bond acceptors (Lipinski definition) is 5. The van der Waals surface area contributed by atoms with Crippen molar-refractivity contribution in [3.63, 3.8) is 0 Å². The second-order valence-corrected chi connectivity index (χ2v) is 11.7. The smallest absolute Gasteiger partial charge is 0.312 e. The Morgan fingerprint density at radius 2 is 1.45 bits per heavy atom. The summed E-state index contributed by atoms with van der Waals surface area (Å²) in [7, 11) is -3.17. The molecule has 0 fully saturated rings. The van der Waals surface area contributed by atoms with Gasteiger partial charge in [0.05, 0.1) is 11.0 Å². The molecular formula is C21H42N4O5S. The molecule has 0 aliphatic carbocycles. The van der Waals surface area contributed by atoms with E-state index in [1.807, 2.05) is 27.7 Å². The van der Waals surface area contributed by atoms with Crippen LogP contribution in [-0.2, 0) is 19.4 Å². The zero-order valence-corrected chi connectivity index (χ0v) is 20.7. The predicted octanol–water partition coefficient (Wildman–Crippen LogP) is 1.57. The lowest BCUT2D eigenvalue weighted by atomic mass is 9.86. The van der Waals surface area contributed by atoms with E-state index in [4.69, 9.17) is 5.73 Å². The van der Waals surface area contributed by atoms with Crippen molar-refractivity contribution in [1.82, 2.24) is 16.0 Å². The summed E-state index contributed by atoms with van der Waals surface area (Å²) in [5, 5.41) is 7.59. The van der Waals surface area contributed by atoms with Crippen LogP contribution in [0.4, 0.5) is 4.79 Å². The van der Waals surface area contributed by atoms with Gasteiger partial charge in [-0.2, -0.15) is 0 Å². The van der Waals surface area contributed by atoms with Crippen LogP contribution in [0.5, 0.6) is 0 Å². The second kappa shape index (κ2) is 14.3. The maximum absolute atomic E-state index is 12.9. The number of rotatable bonds is 15. The zero-order chi connectivity index (χ0) is 24.2. The van der Waals surface area contributed by atoms with E-state index in [-0.39, 0.29) is 35.9 Å². The minimum atomic E-state index is -3.17. The lowest BCUT2D eigenvalue weighted by molar-refractivity contribution is -0.132. The third-order valence-corrected chi connectivity index (χ3v) is 7.39. The quantitative estimate of drug-likeness (QED) is 0.273. The first-order valence-electron chi connectivity index (χ1n) is 11.1. The fraction of sp³-hybridized carbons (Fsp3) is 0.857. The summed E-state index contributed by atoms with van der Waals surface area (Å²) in [5.74, 6) is -0.281. The molecule has 9 nitrogen and oxygen atoms in total. The molecule has 0 aliphatic rings. The van der Waals surface area contributed by atoms with Crippen molar-refractivity contribution < 1.29 is 22.8 Å². The second-order valence-electron chi connectivity index (χ2n) is 9.03. The first kappa shape index (κ1) is 29.2. The van der Waals surface area contributed by atoms with E-state index in [0.29, 0.717) is 38.1 Å². The Kier molecular flexibility index (Phi) is 13.4. The molecule has 0 radical (unpaired) electrons. The molecule has 0 aliphatic heterocycles. The van der Waals surface area contributed by atoms with Gasteiger partial charge in [0, 0.05) is 19.0 Å². The summed E-state index contributed by atoms with van der Waals surface area (Å²) >= 11 is 0. The Labute approximate surface area is 187 Å². The van der Waals surface area contributed by atoms with Gasteiger partial charge in [0.1, 0.15) is 6.04 Å². The standard InChI is InChI=1S/C21H42N4O5S/c1-14(2)13-17(15(3)4)19(26)25-18(9-7-10-24-21(22)28)20(27)23-11-8-12-31(29,30)16(5)6/h14-18H,7-13H2,1-6H3,(H,23,27)(H,25,26)(H3,22,24,28)/t17-,18-/m0/s1. The van der Waals surface area contributed by atoms with Crippen LogP contribution in [0.15, 0.2) is 0 Å². The van der Waals surface area contributed by atoms with Crippen LogP contribution in [0.2, 0.25) is 0 Å². The highest BCUT2D eigenvalue weighted by Crippen LogP contribution is 2.21. The molecule has 4 amide bonds. The van der Waals surface area contributed by atoms with Gasteiger partial charge in [-0.1, -0.05) is 27.7 Å². The minimum absolute atomic E-state index is 0.00564. The summed E-state index contributed by atoms with van der Waals surface area (Å²) in [6.45, 7) is 11.8. The van der Waals surface area contributed by atoms with Gasteiger partial charge in [-0.15, -0.1) is 0 Å². The molecule has 182 valence electrons. The number of amides is 4. The lowest BCUT2D eigenvalue weighted by Crippen LogP contribution is -2.49. The van der Waals surface area contributed by atoms with E-state index in [1.54, 1.807) is 13.8 Å². The predicted molar refractivity (Wildman–Crippen MR) is 123 cm³/mol. The molecule has 0 aromatic heterocycles. The molecule has 0 bridgehead atoms. The minimum Gasteiger partial charge on any atom is -0.354 e. The van der Waals surface area contributed by atoms with Gasteiger partial charge in [0.15, 0.2) is 9.84 Å². The van der Waals surface area contributed by atoms with Crippen molar-refractivity contribution in [3.8, 4) is 0 Å². The summed E-state index contributed by atoms with van der Waals surface area (Å²) in [5.41, 5.74) is 5.06. The Hall–Kier alpha value is -1.84. The highest BCUT2D eigenvalue weighted by atomic mass is 32.2. The van der Waals surface area contributed by atoms with Crippen LogP contribution in [0.1, 0.15) is 67.2 Å². The Bertz CT molecular complexity index is 677. The van der Waals surface area contributed by atoms with Crippen molar-refractivity contribution >= 4 is 27.7 Å². The maximum Gasteiger partial charge on any atom is 0.312 e. The molecule has 5 N–H and O–H groups in total. The number of urea groups is 1. The van der Waals surface area contributed by atoms with Crippen LogP contribution in [-0.4, -0.2) is 56.4 Å². The lowest BCUT2D eigenvalue weighted by Gasteiger charge is -2.25. The van der Waals surface area contributed by atoms with Crippen LogP contribution in [0.3, 0.4) is 0 Å². The molecule has 0 saturated carbocycles. The van der Waals surface area contributed by atoms with Crippen molar-refractivity contribution in [2.45, 2.75) is 78.5 Å². The fourth-order valence-corrected chi connectivity index (χ4v) is 4.12. The molecule has 0 aromatic carbocycles. The highest BCUT2D eigenvalue weighted by molar-refractivity contribution is 7.91. The Balaban J connectivity index is 4.99. The summed E-state index contributed by atoms with van der Waals surface area (Å²) < 4.78 is 23.8. The molecule has 31 heavy (non-hydrogen) atoms. The molecule has 10 heteroatoms. The molecule has 0 unspecified atom stereocenters. The van der Waals surface area contributed by atoms with Crippen LogP contribution in [0, 0.1) is 17.8 Å². The first-order valence-corrected chi connectivity index (χ1v) is 12.8. The van der Waals surface area contributed by atoms with Crippen molar-refractivity contribution in [1.29, 1.82) is 0 Å². The topological polar surface area (TPSA) is 147 Å². The van der Waals surface area contributed by atoms with Crippen molar-refractivity contribution in [2.75, 3.05) is 18.8 Å². The average molecular weight is 463 g/mol. The number of nitrogens with two attached hydrogens (primary N) is 1. The zero-order valence-electron chi connectivity index (χ0n) is 19.9. The van der Waals surface area contributed by atoms with Gasteiger partial charge in [-0.25, -0.2) is 13.2 Å². The Morgan fingerprint density at radius 3 is 1.94 bits per heavy atom. The maximum atomic E-state index is 12.9. The fourth-order valence-electron chi connectivity index (χ4n) is 3.10. The molecule has 0 spiro atoms. The average Bonchev–Trinajstić information content (AvgIpc) is 2.64. The third kappa shape index (κ3) is 12.6. The van der Waals surface area contributed by atoms with Gasteiger partial charge in [0.25, 0.3) is 0 Å². The van der Waals surface area contributed by atoms with Crippen molar-refractivity contribution in [3.05, 3.63) is 0 Å². The monoisotopic (exact) mass is 462 g/mol. The molecular weight excluding hydrogens is 420 g/mol. The van der Waals surface area contributed by atoms with E-state index >= 15 is 0 Å². The molecule has 2 atom stereocenters. The summed E-state index contributed by atoms with van der Waals surface area (Å²) in [6, 6.07) is -1.41. The number of primary amides is 1. The number of carbonyl (C=O) groups excluding carboxylic acids is 3. The van der Waals surface area contributed by atoms with Gasteiger partial charge in [-0.05, 0) is 51.4 Å². The van der Waals surface area contributed by atoms with Gasteiger partial charge < -0.3 is 21.7 Å². The van der Waals surface area contributed by atoms with E-state index in [9.17, 15) is 22.8 Å². The largest absolute Gasteiger partial charge is 0.354 e. The molecule has 0 rings (SSSR count). The molecule has 0 saturated heterocycles. The normalized spacial score (nSPS) is 13.8. The van der Waals surface area contributed by atoms with Crippen LogP contribution < -0.4 is 21.7 Å². The third-order valence-electron chi connectivity index (χ3n) is 5.09. The Morgan fingerprint density at radius 1 is 0.871 bits per heavy atom. The molecule has 0 aromatic rings. The van der Waals surface area contributed by atoms with Crippen LogP contribution in [0.25, 0.3) is 0 Å². The van der Waals surface area contributed by atoms with Crippen LogP contribution >= 0.6 is 0 Å². The van der Waals surface area contributed by atoms with E-state index in [0.717, 1.165) is 0 Å². The number of sulfone groups is 1. The summed E-state index contributed by atoms with van der Waals surface area (Å²) in [4.78, 5) is 36.4. The van der Waals surface area contributed by atoms with Gasteiger partial charge in [0.2, 0.25) is 11.8 Å². The SMILES string of the molecule is CC(C)C[C@H](C(=O)N[C@@H](CCCNC(N)=O)C(=O)NCCCS(=O)(=O)C(C)C)C(C)C. The van der Waals surface area contributed by atoms with E-state index in [1.165, 1.54) is 0 Å².